The number of carboxylic acid groups (broad SMARTS) is 4. The molecule has 0 aromatic rings. The van der Waals surface area contributed by atoms with Crippen LogP contribution in [0.5, 0.6) is 0 Å². The number of carbonyl (C=O) groups is 4. The first kappa shape index (κ1) is 41.3. The van der Waals surface area contributed by atoms with Gasteiger partial charge >= 0.3 is 31.4 Å². The van der Waals surface area contributed by atoms with E-state index in [0.29, 0.717) is 0 Å². The van der Waals surface area contributed by atoms with Crippen LogP contribution in [0.4, 0.5) is 0 Å². The van der Waals surface area contributed by atoms with Gasteiger partial charge in [-0.25, -0.2) is 9.59 Å². The third-order valence-corrected chi connectivity index (χ3v) is 3.70. The number of carboxylic acids is 4. The van der Waals surface area contributed by atoms with E-state index in [4.69, 9.17) is 10.2 Å². The fourth-order valence-electron chi connectivity index (χ4n) is 1.75. The topological polar surface area (TPSA) is 155 Å². The monoisotopic (exact) mass is 522 g/mol. The summed E-state index contributed by atoms with van der Waals surface area (Å²) in [7, 11) is 0. The molecule has 0 spiro atoms. The van der Waals surface area contributed by atoms with E-state index < -0.39 is 23.9 Å². The van der Waals surface area contributed by atoms with Crippen molar-refractivity contribution >= 4 is 23.9 Å². The predicted molar refractivity (Wildman–Crippen MR) is 122 cm³/mol. The molecular weight excluding hydrogens is 482 g/mol. The number of hydrogen-bond donors (Lipinski definition) is 2. The van der Waals surface area contributed by atoms with Crippen molar-refractivity contribution in [3.05, 3.63) is 24.3 Å². The third kappa shape index (κ3) is 58.8. The van der Waals surface area contributed by atoms with E-state index in [1.165, 1.54) is 39.5 Å². The van der Waals surface area contributed by atoms with Gasteiger partial charge in [0.15, 0.2) is 0 Å². The van der Waals surface area contributed by atoms with Gasteiger partial charge in [0, 0.05) is 23.1 Å². The van der Waals surface area contributed by atoms with Crippen LogP contribution in [0, 0.1) is 0 Å². The minimum Gasteiger partial charge on any atom is -0.550 e. The molecule has 0 aliphatic carbocycles. The molecule has 0 rings (SSSR count). The normalized spacial score (nSPS) is 8.61. The zero-order chi connectivity index (χ0) is 25.9. The van der Waals surface area contributed by atoms with Crippen LogP contribution in [0.25, 0.3) is 0 Å². The van der Waals surface area contributed by atoms with Crippen LogP contribution in [-0.2, 0) is 38.7 Å². The summed E-state index contributed by atoms with van der Waals surface area (Å²) in [6.07, 6.45) is 11.2. The van der Waals surface area contributed by atoms with Gasteiger partial charge in [0.05, 0.1) is 0 Å². The zero-order valence-electron chi connectivity index (χ0n) is 21.0. The Balaban J connectivity index is -0.000000108. The number of hydrogen-bond acceptors (Lipinski definition) is 6. The summed E-state index contributed by atoms with van der Waals surface area (Å²) in [5.74, 6) is -3.71. The molecule has 0 aliphatic rings. The SMILES string of the molecule is C=C(C)C(=O)O.C=C(C)C(=O)O.CCCCCCCC(=O)[O-].CCCCCCCC(=O)[O-].[Zn+2]. The fourth-order valence-corrected chi connectivity index (χ4v) is 1.75. The van der Waals surface area contributed by atoms with E-state index in [1.54, 1.807) is 0 Å². The van der Waals surface area contributed by atoms with Crippen molar-refractivity contribution in [2.75, 3.05) is 0 Å². The van der Waals surface area contributed by atoms with Crippen LogP contribution < -0.4 is 10.2 Å². The van der Waals surface area contributed by atoms with Crippen molar-refractivity contribution in [3.8, 4) is 0 Å². The van der Waals surface area contributed by atoms with E-state index in [2.05, 4.69) is 27.0 Å². The second-order valence-electron chi connectivity index (χ2n) is 7.24. The molecule has 0 saturated heterocycles. The van der Waals surface area contributed by atoms with Crippen LogP contribution in [-0.4, -0.2) is 34.1 Å². The van der Waals surface area contributed by atoms with Gasteiger partial charge in [-0.3, -0.25) is 0 Å². The Morgan fingerprint density at radius 3 is 0.970 bits per heavy atom. The first-order valence-corrected chi connectivity index (χ1v) is 11.0. The molecule has 0 unspecified atom stereocenters. The minimum atomic E-state index is -0.935. The van der Waals surface area contributed by atoms with Crippen molar-refractivity contribution in [1.29, 1.82) is 0 Å². The van der Waals surface area contributed by atoms with E-state index in [-0.39, 0.29) is 43.5 Å². The molecule has 2 N–H and O–H groups in total. The van der Waals surface area contributed by atoms with Crippen molar-refractivity contribution in [1.82, 2.24) is 0 Å². The number of carbonyl (C=O) groups excluding carboxylic acids is 2. The number of rotatable bonds is 14. The van der Waals surface area contributed by atoms with Crippen molar-refractivity contribution in [2.45, 2.75) is 105 Å². The third-order valence-electron chi connectivity index (χ3n) is 3.70. The van der Waals surface area contributed by atoms with E-state index in [0.717, 1.165) is 38.5 Å². The first-order valence-electron chi connectivity index (χ1n) is 11.0. The molecule has 0 aromatic heterocycles. The largest absolute Gasteiger partial charge is 2.00 e. The van der Waals surface area contributed by atoms with E-state index in [9.17, 15) is 29.4 Å². The van der Waals surface area contributed by atoms with Gasteiger partial charge in [0.25, 0.3) is 0 Å². The molecule has 0 fully saturated rings. The molecule has 0 bridgehead atoms. The predicted octanol–water partition coefficient (Wildman–Crippen LogP) is 3.49. The Bertz CT molecular complexity index is 473. The molecule has 8 nitrogen and oxygen atoms in total. The maximum Gasteiger partial charge on any atom is 2.00 e. The molecule has 0 radical (unpaired) electrons. The number of aliphatic carboxylic acids is 4. The summed E-state index contributed by atoms with van der Waals surface area (Å²) < 4.78 is 0. The summed E-state index contributed by atoms with van der Waals surface area (Å²) in [6, 6.07) is 0. The molecule has 0 amide bonds. The maximum atomic E-state index is 9.92. The molecule has 188 valence electrons. The molecule has 0 aliphatic heterocycles. The summed E-state index contributed by atoms with van der Waals surface area (Å²) in [5, 5.41) is 35.6. The maximum absolute atomic E-state index is 9.92. The average molecular weight is 524 g/mol. The van der Waals surface area contributed by atoms with Crippen molar-refractivity contribution < 1.29 is 59.1 Å². The second-order valence-corrected chi connectivity index (χ2v) is 7.24. The fraction of sp³-hybridized carbons (Fsp3) is 0.667. The smallest absolute Gasteiger partial charge is 0.550 e. The van der Waals surface area contributed by atoms with Crippen molar-refractivity contribution in [2.24, 2.45) is 0 Å². The van der Waals surface area contributed by atoms with Crippen LogP contribution in [0.2, 0.25) is 0 Å². The van der Waals surface area contributed by atoms with E-state index in [1.807, 2.05) is 0 Å². The molecular formula is C24H42O8Zn. The Hall–Kier alpha value is -2.02. The summed E-state index contributed by atoms with van der Waals surface area (Å²) >= 11 is 0. The van der Waals surface area contributed by atoms with Gasteiger partial charge in [-0.05, 0) is 39.5 Å². The molecule has 0 atom stereocenters. The minimum absolute atomic E-state index is 0. The molecule has 0 aromatic carbocycles. The Morgan fingerprint density at radius 2 is 0.818 bits per heavy atom. The van der Waals surface area contributed by atoms with E-state index >= 15 is 0 Å². The van der Waals surface area contributed by atoms with Crippen LogP contribution >= 0.6 is 0 Å². The summed E-state index contributed by atoms with van der Waals surface area (Å²) in [4.78, 5) is 39.0. The summed E-state index contributed by atoms with van der Waals surface area (Å²) in [6.45, 7) is 13.5. The van der Waals surface area contributed by atoms with Gasteiger partial charge < -0.3 is 30.0 Å². The van der Waals surface area contributed by atoms with Gasteiger partial charge in [-0.2, -0.15) is 0 Å². The van der Waals surface area contributed by atoms with Gasteiger partial charge in [-0.1, -0.05) is 78.4 Å². The first-order chi connectivity index (χ1) is 14.8. The zero-order valence-corrected chi connectivity index (χ0v) is 23.9. The van der Waals surface area contributed by atoms with Crippen LogP contribution in [0.3, 0.4) is 0 Å². The standard InChI is InChI=1S/2C8H16O2.2C4H6O2.Zn/c2*1-2-3-4-5-6-7-8(9)10;2*1-3(2)4(5)6;/h2*2-7H2,1H3,(H,9,10);2*1H2,2H3,(H,5,6);/q;;;;+2/p-2. The molecule has 9 heteroatoms. The van der Waals surface area contributed by atoms with Crippen LogP contribution in [0.15, 0.2) is 24.3 Å². The Morgan fingerprint density at radius 1 is 0.606 bits per heavy atom. The number of unbranched alkanes of at least 4 members (excludes halogenated alkanes) is 8. The van der Waals surface area contributed by atoms with Gasteiger partial charge in [0.1, 0.15) is 0 Å². The Kier molecular flexibility index (Phi) is 40.2. The molecule has 0 heterocycles. The molecule has 33 heavy (non-hydrogen) atoms. The van der Waals surface area contributed by atoms with Crippen molar-refractivity contribution in [3.63, 3.8) is 0 Å². The van der Waals surface area contributed by atoms with Gasteiger partial charge in [-0.15, -0.1) is 0 Å². The summed E-state index contributed by atoms with van der Waals surface area (Å²) in [5.41, 5.74) is 0.352. The average Bonchev–Trinajstić information content (AvgIpc) is 2.68. The van der Waals surface area contributed by atoms with Gasteiger partial charge in [0.2, 0.25) is 0 Å². The quantitative estimate of drug-likeness (QED) is 0.199. The Labute approximate surface area is 211 Å². The van der Waals surface area contributed by atoms with Crippen LogP contribution in [0.1, 0.15) is 105 Å². The molecule has 0 saturated carbocycles. The second kappa shape index (κ2) is 32.2.